The molecule has 4 heteroatoms. The molecule has 0 spiro atoms. The van der Waals surface area contributed by atoms with Gasteiger partial charge in [-0.1, -0.05) is 5.16 Å². The monoisotopic (exact) mass is 144 g/mol. The van der Waals surface area contributed by atoms with Crippen molar-refractivity contribution in [2.75, 3.05) is 13.7 Å². The molecule has 0 aliphatic carbocycles. The molecule has 1 N–H and O–H groups in total. The minimum absolute atomic E-state index is 0.585. The molecule has 10 heavy (non-hydrogen) atoms. The lowest BCUT2D eigenvalue weighted by Crippen LogP contribution is -2.00. The van der Waals surface area contributed by atoms with Crippen LogP contribution >= 0.6 is 0 Å². The van der Waals surface area contributed by atoms with Crippen molar-refractivity contribution in [3.63, 3.8) is 0 Å². The Bertz CT molecular complexity index is 98.3. The number of allylic oxidation sites excluding steroid dienone is 1. The highest BCUT2D eigenvalue weighted by molar-refractivity contribution is 5.70. The maximum absolute atomic E-state index is 4.66. The minimum atomic E-state index is 0.585. The molecule has 0 heterocycles. The molecule has 0 rings (SSSR count). The molecule has 0 aliphatic rings. The Morgan fingerprint density at radius 1 is 1.60 bits per heavy atom. The first-order valence-corrected chi connectivity index (χ1v) is 3.00. The van der Waals surface area contributed by atoms with Crippen LogP contribution in [0.4, 0.5) is 0 Å². The topological polar surface area (TPSA) is 42.8 Å². The number of rotatable bonds is 5. The van der Waals surface area contributed by atoms with Crippen LogP contribution in [0.2, 0.25) is 0 Å². The van der Waals surface area contributed by atoms with Crippen molar-refractivity contribution in [3.05, 3.63) is 12.3 Å². The highest BCUT2D eigenvalue weighted by Gasteiger charge is 1.67. The van der Waals surface area contributed by atoms with Gasteiger partial charge in [-0.3, -0.25) is 10.3 Å². The van der Waals surface area contributed by atoms with E-state index in [9.17, 15) is 0 Å². The fourth-order valence-electron chi connectivity index (χ4n) is 0.303. The van der Waals surface area contributed by atoms with Crippen LogP contribution in [-0.4, -0.2) is 19.9 Å². The summed E-state index contributed by atoms with van der Waals surface area (Å²) in [6.45, 7) is 2.45. The van der Waals surface area contributed by atoms with Gasteiger partial charge in [0.05, 0.1) is 13.3 Å². The van der Waals surface area contributed by atoms with Crippen molar-refractivity contribution in [2.24, 2.45) is 5.16 Å². The van der Waals surface area contributed by atoms with Crippen molar-refractivity contribution in [3.8, 4) is 0 Å². The van der Waals surface area contributed by atoms with Crippen LogP contribution in [0.15, 0.2) is 17.4 Å². The Balaban J connectivity index is 3.15. The summed E-state index contributed by atoms with van der Waals surface area (Å²) in [4.78, 5) is 9.17. The number of hydrogen-bond donors (Lipinski definition) is 1. The van der Waals surface area contributed by atoms with E-state index < -0.39 is 0 Å². The second-order valence-corrected chi connectivity index (χ2v) is 1.35. The number of hydroxylamine groups is 1. The van der Waals surface area contributed by atoms with Gasteiger partial charge in [0.2, 0.25) is 0 Å². The van der Waals surface area contributed by atoms with Crippen LogP contribution in [-0.2, 0) is 9.68 Å². The van der Waals surface area contributed by atoms with Gasteiger partial charge < -0.3 is 4.84 Å². The Hall–Kier alpha value is -1.03. The summed E-state index contributed by atoms with van der Waals surface area (Å²) in [5.41, 5.74) is 2.50. The highest BCUT2D eigenvalue weighted by Crippen LogP contribution is 1.71. The molecular weight excluding hydrogens is 132 g/mol. The van der Waals surface area contributed by atoms with E-state index in [0.717, 1.165) is 0 Å². The first kappa shape index (κ1) is 8.97. The molecule has 0 aliphatic heterocycles. The van der Waals surface area contributed by atoms with E-state index in [1.54, 1.807) is 12.3 Å². The number of oxime groups is 1. The number of nitrogens with one attached hydrogen (secondary N) is 1. The molecule has 0 fully saturated rings. The van der Waals surface area contributed by atoms with Crippen LogP contribution in [0.5, 0.6) is 0 Å². The number of nitrogens with zero attached hydrogens (tertiary/aromatic N) is 1. The van der Waals surface area contributed by atoms with Crippen LogP contribution in [0.1, 0.15) is 6.92 Å². The first-order valence-electron chi connectivity index (χ1n) is 3.00. The fourth-order valence-corrected chi connectivity index (χ4v) is 0.303. The summed E-state index contributed by atoms with van der Waals surface area (Å²) in [6, 6.07) is 0. The molecule has 0 bridgehead atoms. The average Bonchev–Trinajstić information content (AvgIpc) is 1.97. The molecule has 4 nitrogen and oxygen atoms in total. The normalized spacial score (nSPS) is 11.0. The summed E-state index contributed by atoms with van der Waals surface area (Å²) >= 11 is 0. The standard InChI is InChI=1S/C6H12N2O2/c1-3-10-8-6-4-5-7-9-2/h4-7H,3H2,1-2H3. The van der Waals surface area contributed by atoms with Gasteiger partial charge in [-0.2, -0.15) is 0 Å². The second-order valence-electron chi connectivity index (χ2n) is 1.35. The van der Waals surface area contributed by atoms with Gasteiger partial charge in [-0.25, -0.2) is 0 Å². The fraction of sp³-hybridized carbons (Fsp3) is 0.500. The van der Waals surface area contributed by atoms with Gasteiger partial charge >= 0.3 is 0 Å². The van der Waals surface area contributed by atoms with Crippen molar-refractivity contribution in [2.45, 2.75) is 6.92 Å². The maximum Gasteiger partial charge on any atom is 0.114 e. The average molecular weight is 144 g/mol. The van der Waals surface area contributed by atoms with Crippen LogP contribution in [0.25, 0.3) is 0 Å². The summed E-state index contributed by atoms with van der Waals surface area (Å²) < 4.78 is 0. The van der Waals surface area contributed by atoms with E-state index in [0.29, 0.717) is 6.61 Å². The third-order valence-electron chi connectivity index (χ3n) is 0.633. The van der Waals surface area contributed by atoms with Gasteiger partial charge in [0.25, 0.3) is 0 Å². The summed E-state index contributed by atoms with van der Waals surface area (Å²) in [6.07, 6.45) is 4.79. The Morgan fingerprint density at radius 2 is 2.40 bits per heavy atom. The van der Waals surface area contributed by atoms with E-state index in [2.05, 4.69) is 20.3 Å². The molecule has 0 atom stereocenters. The summed E-state index contributed by atoms with van der Waals surface area (Å²) in [5, 5.41) is 3.55. The summed E-state index contributed by atoms with van der Waals surface area (Å²) in [5.74, 6) is 0. The first-order chi connectivity index (χ1) is 4.91. The van der Waals surface area contributed by atoms with Gasteiger partial charge in [0.15, 0.2) is 0 Å². The molecular formula is C6H12N2O2. The van der Waals surface area contributed by atoms with E-state index >= 15 is 0 Å². The minimum Gasteiger partial charge on any atom is -0.396 e. The molecule has 0 amide bonds. The molecule has 58 valence electrons. The predicted molar refractivity (Wildman–Crippen MR) is 39.4 cm³/mol. The van der Waals surface area contributed by atoms with Crippen molar-refractivity contribution >= 4 is 6.21 Å². The molecule has 0 saturated heterocycles. The second kappa shape index (κ2) is 7.97. The van der Waals surface area contributed by atoms with Crippen LogP contribution < -0.4 is 5.48 Å². The number of hydrogen-bond acceptors (Lipinski definition) is 4. The Kier molecular flexibility index (Phi) is 7.15. The lowest BCUT2D eigenvalue weighted by Gasteiger charge is -1.89. The van der Waals surface area contributed by atoms with Crippen LogP contribution in [0, 0.1) is 0 Å². The molecule has 0 unspecified atom stereocenters. The van der Waals surface area contributed by atoms with Crippen molar-refractivity contribution in [1.29, 1.82) is 0 Å². The zero-order valence-corrected chi connectivity index (χ0v) is 6.20. The Morgan fingerprint density at radius 3 is 3.00 bits per heavy atom. The SMILES string of the molecule is CCON=CC=CNOC. The van der Waals surface area contributed by atoms with Gasteiger partial charge in [0, 0.05) is 6.20 Å². The highest BCUT2D eigenvalue weighted by atomic mass is 16.6. The van der Waals surface area contributed by atoms with E-state index in [-0.39, 0.29) is 0 Å². The predicted octanol–water partition coefficient (Wildman–Crippen LogP) is 0.673. The smallest absolute Gasteiger partial charge is 0.114 e. The molecule has 0 aromatic carbocycles. The molecule has 0 radical (unpaired) electrons. The summed E-state index contributed by atoms with van der Waals surface area (Å²) in [7, 11) is 1.53. The van der Waals surface area contributed by atoms with E-state index in [1.165, 1.54) is 13.3 Å². The van der Waals surface area contributed by atoms with E-state index in [4.69, 9.17) is 0 Å². The molecule has 0 aromatic rings. The van der Waals surface area contributed by atoms with Gasteiger partial charge in [-0.15, -0.1) is 0 Å². The van der Waals surface area contributed by atoms with Crippen LogP contribution in [0.3, 0.4) is 0 Å². The third-order valence-corrected chi connectivity index (χ3v) is 0.633. The van der Waals surface area contributed by atoms with Crippen molar-refractivity contribution in [1.82, 2.24) is 5.48 Å². The maximum atomic E-state index is 4.66. The van der Waals surface area contributed by atoms with Crippen molar-refractivity contribution < 1.29 is 9.68 Å². The molecule has 0 saturated carbocycles. The lowest BCUT2D eigenvalue weighted by molar-refractivity contribution is 0.128. The van der Waals surface area contributed by atoms with Gasteiger partial charge in [0.1, 0.15) is 6.61 Å². The van der Waals surface area contributed by atoms with Gasteiger partial charge in [-0.05, 0) is 13.0 Å². The van der Waals surface area contributed by atoms with E-state index in [1.807, 2.05) is 6.92 Å². The lowest BCUT2D eigenvalue weighted by atomic mass is 10.7. The largest absolute Gasteiger partial charge is 0.396 e. The quantitative estimate of drug-likeness (QED) is 0.455. The zero-order chi connectivity index (χ0) is 7.66. The Labute approximate surface area is 60.5 Å². The third kappa shape index (κ3) is 6.97. The molecule has 0 aromatic heterocycles. The zero-order valence-electron chi connectivity index (χ0n) is 6.20.